The lowest BCUT2D eigenvalue weighted by Crippen LogP contribution is -2.26. The molecule has 0 atom stereocenters. The van der Waals surface area contributed by atoms with Gasteiger partial charge in [-0.2, -0.15) is 0 Å². The van der Waals surface area contributed by atoms with Crippen molar-refractivity contribution in [3.8, 4) is 22.3 Å². The molecule has 0 bridgehead atoms. The molecule has 13 aromatic rings. The molecule has 64 heavy (non-hydrogen) atoms. The summed E-state index contributed by atoms with van der Waals surface area (Å²) in [6.07, 6.45) is 0. The fourth-order valence-corrected chi connectivity index (χ4v) is 12.9. The van der Waals surface area contributed by atoms with Gasteiger partial charge in [0, 0.05) is 48.0 Å². The molecule has 15 rings (SSSR count). The lowest BCUT2D eigenvalue weighted by Gasteiger charge is -2.32. The van der Waals surface area contributed by atoms with E-state index >= 15 is 0 Å². The Kier molecular flexibility index (Phi) is 6.79. The average molecular weight is 830 g/mol. The molecule has 11 aromatic carbocycles. The van der Waals surface area contributed by atoms with Gasteiger partial charge in [-0.1, -0.05) is 146 Å². The highest BCUT2D eigenvalue weighted by Gasteiger charge is 2.51. The standard InChI is InChI=1S/C61H35NOS/c1-3-15-41-39(13-1)40-14-2-4-16-42(40)49-35-60-52(34-48(41)49)51-32-37(27-30-59(51)64-60)62(36-26-29-58-50(31-36)47-20-8-12-24-57(47)63-58)38-25-28-46-45-19-7-11-23-55(45)61(56(46)33-38)53-21-9-5-17-43(53)44-18-6-10-22-54(44)61/h1-35H. The number of furan rings is 1. The van der Waals surface area contributed by atoms with Crippen LogP contribution in [0.4, 0.5) is 17.1 Å². The van der Waals surface area contributed by atoms with Crippen molar-refractivity contribution in [3.05, 3.63) is 235 Å². The van der Waals surface area contributed by atoms with Crippen molar-refractivity contribution in [1.82, 2.24) is 0 Å². The molecule has 0 N–H and O–H groups in total. The lowest BCUT2D eigenvalue weighted by atomic mass is 9.70. The summed E-state index contributed by atoms with van der Waals surface area (Å²) in [6, 6.07) is 79.2. The molecule has 2 nitrogen and oxygen atoms in total. The maximum absolute atomic E-state index is 6.40. The number of fused-ring (bicyclic) bond motifs is 22. The SMILES string of the molecule is c1ccc2c(c1)-c1ccccc1C21c2ccccc2-c2ccc(N(c3ccc4oc5ccccc5c4c3)c3ccc4sc5cc6c7ccccc7c7ccccc7c6cc5c4c3)cc21. The number of thiophene rings is 1. The van der Waals surface area contributed by atoms with Crippen molar-refractivity contribution >= 4 is 103 Å². The van der Waals surface area contributed by atoms with E-state index in [1.807, 2.05) is 17.4 Å². The van der Waals surface area contributed by atoms with Crippen LogP contribution in [0.2, 0.25) is 0 Å². The average Bonchev–Trinajstić information content (AvgIpc) is 4.08. The predicted octanol–water partition coefficient (Wildman–Crippen LogP) is 17.2. The van der Waals surface area contributed by atoms with E-state index in [1.54, 1.807) is 0 Å². The van der Waals surface area contributed by atoms with Crippen LogP contribution in [-0.4, -0.2) is 0 Å². The van der Waals surface area contributed by atoms with E-state index in [1.165, 1.54) is 97.0 Å². The van der Waals surface area contributed by atoms with Gasteiger partial charge in [-0.15, -0.1) is 11.3 Å². The van der Waals surface area contributed by atoms with E-state index in [-0.39, 0.29) is 0 Å². The number of para-hydroxylation sites is 1. The molecule has 0 amide bonds. The van der Waals surface area contributed by atoms with Gasteiger partial charge in [0.05, 0.1) is 5.41 Å². The zero-order valence-corrected chi connectivity index (χ0v) is 35.3. The third kappa shape index (κ3) is 4.44. The van der Waals surface area contributed by atoms with Crippen LogP contribution in [0, 0.1) is 0 Å². The second-order valence-corrected chi connectivity index (χ2v) is 18.6. The van der Waals surface area contributed by atoms with Gasteiger partial charge in [0.15, 0.2) is 0 Å². The van der Waals surface area contributed by atoms with Gasteiger partial charge in [0.2, 0.25) is 0 Å². The summed E-state index contributed by atoms with van der Waals surface area (Å²) in [5, 5.41) is 12.6. The molecule has 0 aliphatic heterocycles. The summed E-state index contributed by atoms with van der Waals surface area (Å²) in [5.74, 6) is 0. The second kappa shape index (κ2) is 12.6. The molecule has 2 aliphatic carbocycles. The molecule has 0 fully saturated rings. The van der Waals surface area contributed by atoms with Gasteiger partial charge in [-0.3, -0.25) is 0 Å². The van der Waals surface area contributed by atoms with Crippen LogP contribution < -0.4 is 4.90 Å². The minimum absolute atomic E-state index is 0.451. The Morgan fingerprint density at radius 2 is 0.750 bits per heavy atom. The van der Waals surface area contributed by atoms with Crippen molar-refractivity contribution in [1.29, 1.82) is 0 Å². The van der Waals surface area contributed by atoms with Crippen LogP contribution in [0.25, 0.3) is 96.7 Å². The molecule has 2 aliphatic rings. The van der Waals surface area contributed by atoms with Crippen LogP contribution in [-0.2, 0) is 5.41 Å². The number of rotatable bonds is 3. The van der Waals surface area contributed by atoms with Crippen molar-refractivity contribution < 1.29 is 4.42 Å². The van der Waals surface area contributed by atoms with E-state index < -0.39 is 5.41 Å². The summed E-state index contributed by atoms with van der Waals surface area (Å²) in [4.78, 5) is 2.47. The van der Waals surface area contributed by atoms with E-state index in [0.717, 1.165) is 39.0 Å². The maximum Gasteiger partial charge on any atom is 0.135 e. The van der Waals surface area contributed by atoms with E-state index in [0.29, 0.717) is 0 Å². The summed E-state index contributed by atoms with van der Waals surface area (Å²) < 4.78 is 8.97. The predicted molar refractivity (Wildman–Crippen MR) is 270 cm³/mol. The zero-order chi connectivity index (χ0) is 41.7. The fourth-order valence-electron chi connectivity index (χ4n) is 11.8. The largest absolute Gasteiger partial charge is 0.456 e. The maximum atomic E-state index is 6.40. The molecule has 0 saturated heterocycles. The molecule has 0 saturated carbocycles. The molecule has 1 spiro atoms. The minimum atomic E-state index is -0.451. The molecule has 3 heteroatoms. The summed E-state index contributed by atoms with van der Waals surface area (Å²) in [6.45, 7) is 0. The van der Waals surface area contributed by atoms with Gasteiger partial charge in [0.1, 0.15) is 11.2 Å². The highest BCUT2D eigenvalue weighted by Crippen LogP contribution is 2.63. The first kappa shape index (κ1) is 34.6. The Labute approximate surface area is 372 Å². The number of anilines is 3. The van der Waals surface area contributed by atoms with Crippen molar-refractivity contribution in [2.24, 2.45) is 0 Å². The fraction of sp³-hybridized carbons (Fsp3) is 0.0164. The highest BCUT2D eigenvalue weighted by molar-refractivity contribution is 7.25. The quantitative estimate of drug-likeness (QED) is 0.165. The van der Waals surface area contributed by atoms with Gasteiger partial charge < -0.3 is 9.32 Å². The van der Waals surface area contributed by atoms with Crippen molar-refractivity contribution in [2.75, 3.05) is 4.90 Å². The number of hydrogen-bond acceptors (Lipinski definition) is 3. The zero-order valence-electron chi connectivity index (χ0n) is 34.5. The van der Waals surface area contributed by atoms with Crippen molar-refractivity contribution in [2.45, 2.75) is 5.41 Å². The summed E-state index contributed by atoms with van der Waals surface area (Å²) in [7, 11) is 0. The second-order valence-electron chi connectivity index (χ2n) is 17.5. The summed E-state index contributed by atoms with van der Waals surface area (Å²) >= 11 is 1.88. The van der Waals surface area contributed by atoms with Crippen molar-refractivity contribution in [3.63, 3.8) is 0 Å². The Morgan fingerprint density at radius 1 is 0.297 bits per heavy atom. The Hall–Kier alpha value is -7.98. The van der Waals surface area contributed by atoms with Gasteiger partial charge >= 0.3 is 0 Å². The van der Waals surface area contributed by atoms with Gasteiger partial charge in [-0.05, 0) is 144 Å². The minimum Gasteiger partial charge on any atom is -0.456 e. The lowest BCUT2D eigenvalue weighted by molar-refractivity contribution is 0.669. The first-order valence-electron chi connectivity index (χ1n) is 22.1. The molecule has 2 heterocycles. The molecule has 0 unspecified atom stereocenters. The Balaban J connectivity index is 1.00. The van der Waals surface area contributed by atoms with Crippen LogP contribution in [0.5, 0.6) is 0 Å². The van der Waals surface area contributed by atoms with E-state index in [9.17, 15) is 0 Å². The normalized spacial score (nSPS) is 13.4. The molecule has 296 valence electrons. The van der Waals surface area contributed by atoms with Gasteiger partial charge in [0.25, 0.3) is 0 Å². The first-order chi connectivity index (χ1) is 31.7. The van der Waals surface area contributed by atoms with Gasteiger partial charge in [-0.25, -0.2) is 0 Å². The molecular weight excluding hydrogens is 795 g/mol. The molecule has 2 aromatic heterocycles. The van der Waals surface area contributed by atoms with E-state index in [2.05, 4.69) is 211 Å². The third-order valence-corrected chi connectivity index (χ3v) is 15.6. The monoisotopic (exact) mass is 829 g/mol. The Bertz CT molecular complexity index is 4110. The summed E-state index contributed by atoms with van der Waals surface area (Å²) in [5.41, 5.74) is 15.2. The van der Waals surface area contributed by atoms with Crippen LogP contribution in [0.1, 0.15) is 22.3 Å². The Morgan fingerprint density at radius 3 is 1.41 bits per heavy atom. The highest BCUT2D eigenvalue weighted by atomic mass is 32.1. The molecule has 0 radical (unpaired) electrons. The molecular formula is C61H35NOS. The number of hydrogen-bond donors (Lipinski definition) is 0. The topological polar surface area (TPSA) is 16.4 Å². The number of nitrogens with zero attached hydrogens (tertiary/aromatic N) is 1. The van der Waals surface area contributed by atoms with E-state index in [4.69, 9.17) is 4.42 Å². The number of benzene rings is 11. The van der Waals surface area contributed by atoms with Crippen LogP contribution in [0.3, 0.4) is 0 Å². The van der Waals surface area contributed by atoms with Crippen LogP contribution in [0.15, 0.2) is 217 Å². The first-order valence-corrected chi connectivity index (χ1v) is 22.9. The van der Waals surface area contributed by atoms with Crippen LogP contribution >= 0.6 is 11.3 Å². The smallest absolute Gasteiger partial charge is 0.135 e. The third-order valence-electron chi connectivity index (χ3n) is 14.4.